The van der Waals surface area contributed by atoms with Crippen LogP contribution in [-0.2, 0) is 43.2 Å². The number of nitrogens with one attached hydrogen (secondary N) is 7. The molecule has 0 saturated carbocycles. The van der Waals surface area contributed by atoms with Gasteiger partial charge in [-0.1, -0.05) is 48.0 Å². The molecular weight excluding hydrogens is 816 g/mol. The smallest absolute Gasteiger partial charge is 0.326 e. The van der Waals surface area contributed by atoms with Crippen LogP contribution in [-0.4, -0.2) is 147 Å². The van der Waals surface area contributed by atoms with Gasteiger partial charge < -0.3 is 74.8 Å². The second-order valence-corrected chi connectivity index (χ2v) is 16.4. The Morgan fingerprint density at radius 3 is 1.34 bits per heavy atom. The van der Waals surface area contributed by atoms with E-state index in [1.54, 1.807) is 41.5 Å². The maximum atomic E-state index is 14.0. The Bertz CT molecular complexity index is 1510. The Morgan fingerprint density at radius 1 is 0.548 bits per heavy atom. The van der Waals surface area contributed by atoms with E-state index in [2.05, 4.69) is 37.2 Å². The summed E-state index contributed by atoms with van der Waals surface area (Å²) in [6, 6.07) is -11.6. The van der Waals surface area contributed by atoms with E-state index in [4.69, 9.17) is 17.2 Å². The molecule has 8 amide bonds. The zero-order valence-corrected chi connectivity index (χ0v) is 37.1. The number of carboxylic acid groups (broad SMARTS) is 1. The molecule has 11 atom stereocenters. The molecule has 0 spiro atoms. The van der Waals surface area contributed by atoms with Crippen LogP contribution < -0.4 is 54.4 Å². The van der Waals surface area contributed by atoms with Gasteiger partial charge in [-0.05, 0) is 70.3 Å². The van der Waals surface area contributed by atoms with Gasteiger partial charge in [-0.2, -0.15) is 0 Å². The number of unbranched alkanes of at least 4 members (excludes halogenated alkanes) is 1. The predicted octanol–water partition coefficient (Wildman–Crippen LogP) is -4.31. The molecule has 62 heavy (non-hydrogen) atoms. The van der Waals surface area contributed by atoms with Crippen LogP contribution in [0.1, 0.15) is 100 Å². The fourth-order valence-corrected chi connectivity index (χ4v) is 5.99. The van der Waals surface area contributed by atoms with E-state index in [0.29, 0.717) is 19.3 Å². The molecule has 0 rings (SSSR count). The number of rotatable bonds is 30. The number of carboxylic acids is 1. The first-order valence-corrected chi connectivity index (χ1v) is 20.9. The van der Waals surface area contributed by atoms with E-state index in [0.717, 1.165) is 0 Å². The molecule has 0 aliphatic rings. The molecule has 0 unspecified atom stereocenters. The van der Waals surface area contributed by atoms with E-state index < -0.39 is 133 Å². The van der Waals surface area contributed by atoms with Gasteiger partial charge in [0.25, 0.3) is 0 Å². The summed E-state index contributed by atoms with van der Waals surface area (Å²) in [5.74, 6) is -9.91. The second-order valence-electron chi connectivity index (χ2n) is 16.4. The average molecular weight is 889 g/mol. The number of primary amides is 1. The quantitative estimate of drug-likeness (QED) is 0.0304. The summed E-state index contributed by atoms with van der Waals surface area (Å²) in [5.41, 5.74) is 16.3. The SMILES string of the molecule is CC[C@H](C)[C@H](NC(=O)[C@@H](NC(=O)[C@H](CC(C)C)NC(=O)[C@@H](NC(=O)[C@@H](N)CO)[C@@H](C)O)[C@@H](C)O)C(=O)N[C@@H](CC(C)C)C(=O)N[C@@H](CCCCN)C(=O)N[C@@H](CC(N)=O)C(=O)O. The largest absolute Gasteiger partial charge is 0.480 e. The van der Waals surface area contributed by atoms with Gasteiger partial charge in [0.2, 0.25) is 47.3 Å². The molecule has 0 aromatic heterocycles. The number of aliphatic carboxylic acids is 1. The molecule has 0 fully saturated rings. The Morgan fingerprint density at radius 2 is 0.935 bits per heavy atom. The molecule has 0 bridgehead atoms. The van der Waals surface area contributed by atoms with Crippen LogP contribution in [0.15, 0.2) is 0 Å². The first-order valence-electron chi connectivity index (χ1n) is 20.9. The zero-order valence-electron chi connectivity index (χ0n) is 37.1. The van der Waals surface area contributed by atoms with Crippen LogP contribution in [0.25, 0.3) is 0 Å². The van der Waals surface area contributed by atoms with Gasteiger partial charge >= 0.3 is 5.97 Å². The van der Waals surface area contributed by atoms with Crippen molar-refractivity contribution in [2.24, 2.45) is 35.0 Å². The van der Waals surface area contributed by atoms with E-state index in [1.807, 2.05) is 0 Å². The van der Waals surface area contributed by atoms with Crippen molar-refractivity contribution in [2.75, 3.05) is 13.2 Å². The van der Waals surface area contributed by atoms with Crippen LogP contribution in [0.3, 0.4) is 0 Å². The van der Waals surface area contributed by atoms with Gasteiger partial charge in [0.15, 0.2) is 0 Å². The summed E-state index contributed by atoms with van der Waals surface area (Å²) in [6.45, 7) is 12.3. The molecule has 0 aromatic carbocycles. The summed E-state index contributed by atoms with van der Waals surface area (Å²) in [6.07, 6.45) is -2.51. The number of aliphatic hydroxyl groups is 3. The Hall–Kier alpha value is -4.97. The van der Waals surface area contributed by atoms with E-state index in [-0.39, 0.29) is 37.6 Å². The molecular formula is C39H72N10O13. The fourth-order valence-electron chi connectivity index (χ4n) is 5.99. The Balaban J connectivity index is 6.45. The maximum absolute atomic E-state index is 14.0. The van der Waals surface area contributed by atoms with Crippen molar-refractivity contribution >= 4 is 53.2 Å². The Labute approximate surface area is 362 Å². The topological polar surface area (TPSA) is 397 Å². The van der Waals surface area contributed by atoms with Crippen LogP contribution >= 0.6 is 0 Å². The predicted molar refractivity (Wildman–Crippen MR) is 225 cm³/mol. The number of aliphatic hydroxyl groups excluding tert-OH is 3. The number of carbonyl (C=O) groups excluding carboxylic acids is 8. The van der Waals surface area contributed by atoms with Crippen molar-refractivity contribution in [3.8, 4) is 0 Å². The minimum absolute atomic E-state index is 0.00259. The van der Waals surface area contributed by atoms with Gasteiger partial charge in [0.05, 0.1) is 25.2 Å². The minimum atomic E-state index is -1.69. The lowest BCUT2D eigenvalue weighted by Gasteiger charge is -2.31. The first kappa shape index (κ1) is 57.0. The summed E-state index contributed by atoms with van der Waals surface area (Å²) >= 11 is 0. The highest BCUT2D eigenvalue weighted by Gasteiger charge is 2.37. The molecule has 17 N–H and O–H groups in total. The molecule has 0 aliphatic carbocycles. The lowest BCUT2D eigenvalue weighted by molar-refractivity contribution is -0.144. The second kappa shape index (κ2) is 28.6. The molecule has 0 aliphatic heterocycles. The number of nitrogens with two attached hydrogens (primary N) is 3. The average Bonchev–Trinajstić information content (AvgIpc) is 3.17. The van der Waals surface area contributed by atoms with Crippen molar-refractivity contribution in [1.82, 2.24) is 37.2 Å². The standard InChI is InChI=1S/C39H72N10O13/c1-9-20(6)29(36(58)44-25(14-18(2)3)34(56)43-24(12-10-11-13-40)33(55)46-27(39(61)62)16-28(42)53)47-38(60)31(22(8)52)49-35(57)26(15-19(4)5)45-37(59)30(21(7)51)48-32(54)23(41)17-50/h18-27,29-31,50-52H,9-17,40-41H2,1-8H3,(H2,42,53)(H,43,56)(H,44,58)(H,45,59)(H,46,55)(H,47,60)(H,48,54)(H,49,57)(H,61,62)/t20-,21+,22+,23-,24-,25-,26-,27-,29-,30-,31-/m0/s1. The first-order chi connectivity index (χ1) is 28.8. The third-order valence-electron chi connectivity index (χ3n) is 9.73. The number of amides is 8. The van der Waals surface area contributed by atoms with Crippen molar-refractivity contribution < 1.29 is 63.6 Å². The Kier molecular flexibility index (Phi) is 26.3. The molecule has 0 aromatic rings. The van der Waals surface area contributed by atoms with Crippen LogP contribution in [0.4, 0.5) is 0 Å². The van der Waals surface area contributed by atoms with Crippen LogP contribution in [0.5, 0.6) is 0 Å². The lowest BCUT2D eigenvalue weighted by atomic mass is 9.96. The van der Waals surface area contributed by atoms with Gasteiger partial charge in [0, 0.05) is 0 Å². The fraction of sp³-hybridized carbons (Fsp3) is 0.769. The lowest BCUT2D eigenvalue weighted by Crippen LogP contribution is -2.63. The minimum Gasteiger partial charge on any atom is -0.480 e. The van der Waals surface area contributed by atoms with E-state index >= 15 is 0 Å². The number of carbonyl (C=O) groups is 9. The van der Waals surface area contributed by atoms with Crippen molar-refractivity contribution in [3.63, 3.8) is 0 Å². The molecule has 0 radical (unpaired) electrons. The van der Waals surface area contributed by atoms with Gasteiger partial charge in [-0.3, -0.25) is 38.4 Å². The zero-order chi connectivity index (χ0) is 48.0. The normalized spacial score (nSPS) is 16.7. The highest BCUT2D eigenvalue weighted by atomic mass is 16.4. The molecule has 0 heterocycles. The van der Waals surface area contributed by atoms with Crippen molar-refractivity contribution in [1.29, 1.82) is 0 Å². The third kappa shape index (κ3) is 20.7. The molecule has 356 valence electrons. The highest BCUT2D eigenvalue weighted by molar-refractivity contribution is 5.98. The van der Waals surface area contributed by atoms with Gasteiger partial charge in [-0.25, -0.2) is 4.79 Å². The van der Waals surface area contributed by atoms with Crippen molar-refractivity contribution in [3.05, 3.63) is 0 Å². The highest BCUT2D eigenvalue weighted by Crippen LogP contribution is 2.14. The molecule has 0 saturated heterocycles. The van der Waals surface area contributed by atoms with E-state index in [1.165, 1.54) is 13.8 Å². The summed E-state index contributed by atoms with van der Waals surface area (Å²) < 4.78 is 0. The summed E-state index contributed by atoms with van der Waals surface area (Å²) in [5, 5.41) is 56.7. The van der Waals surface area contributed by atoms with Crippen LogP contribution in [0, 0.1) is 17.8 Å². The summed E-state index contributed by atoms with van der Waals surface area (Å²) in [4.78, 5) is 117. The van der Waals surface area contributed by atoms with Crippen LogP contribution in [0.2, 0.25) is 0 Å². The maximum Gasteiger partial charge on any atom is 0.326 e. The van der Waals surface area contributed by atoms with Gasteiger partial charge in [0.1, 0.15) is 48.3 Å². The monoisotopic (exact) mass is 889 g/mol. The number of hydrogen-bond acceptors (Lipinski definition) is 14. The molecule has 23 nitrogen and oxygen atoms in total. The molecule has 23 heteroatoms. The summed E-state index contributed by atoms with van der Waals surface area (Å²) in [7, 11) is 0. The third-order valence-corrected chi connectivity index (χ3v) is 9.73. The van der Waals surface area contributed by atoms with Crippen molar-refractivity contribution in [2.45, 2.75) is 161 Å². The number of hydrogen-bond donors (Lipinski definition) is 14. The van der Waals surface area contributed by atoms with Gasteiger partial charge in [-0.15, -0.1) is 0 Å². The van der Waals surface area contributed by atoms with E-state index in [9.17, 15) is 63.6 Å².